The molecule has 21 heavy (non-hydrogen) atoms. The quantitative estimate of drug-likeness (QED) is 0.884. The van der Waals surface area contributed by atoms with E-state index in [1.165, 1.54) is 0 Å². The first kappa shape index (κ1) is 15.0. The summed E-state index contributed by atoms with van der Waals surface area (Å²) in [7, 11) is 1.63. The van der Waals surface area contributed by atoms with Gasteiger partial charge in [-0.05, 0) is 26.0 Å². The number of methoxy groups -OCH3 is 1. The summed E-state index contributed by atoms with van der Waals surface area (Å²) in [5, 5.41) is 9.65. The van der Waals surface area contributed by atoms with Crippen LogP contribution in [-0.4, -0.2) is 34.5 Å². The van der Waals surface area contributed by atoms with Gasteiger partial charge in [0.2, 0.25) is 0 Å². The average Bonchev–Trinajstić information content (AvgIpc) is 2.87. The molecule has 0 unspecified atom stereocenters. The van der Waals surface area contributed by atoms with Gasteiger partial charge in [0.25, 0.3) is 0 Å². The zero-order chi connectivity index (χ0) is 15.2. The number of carbonyl (C=O) groups is 1. The van der Waals surface area contributed by atoms with E-state index in [0.717, 1.165) is 11.4 Å². The van der Waals surface area contributed by atoms with Gasteiger partial charge < -0.3 is 10.1 Å². The van der Waals surface area contributed by atoms with E-state index >= 15 is 0 Å². The fourth-order valence-corrected chi connectivity index (χ4v) is 1.83. The van der Waals surface area contributed by atoms with E-state index in [1.807, 2.05) is 26.0 Å². The second-order valence-electron chi connectivity index (χ2n) is 4.62. The maximum absolute atomic E-state index is 11.9. The van der Waals surface area contributed by atoms with Crippen LogP contribution < -0.4 is 10.6 Å². The molecule has 0 aromatic carbocycles. The summed E-state index contributed by atoms with van der Waals surface area (Å²) in [4.78, 5) is 16.2. The number of carbonyl (C=O) groups excluding carboxylic acids is 1. The van der Waals surface area contributed by atoms with Gasteiger partial charge in [0.05, 0.1) is 24.5 Å². The third-order valence-electron chi connectivity index (χ3n) is 2.88. The van der Waals surface area contributed by atoms with Crippen molar-refractivity contribution in [1.29, 1.82) is 0 Å². The number of rotatable bonds is 5. The lowest BCUT2D eigenvalue weighted by Crippen LogP contribution is -2.20. The van der Waals surface area contributed by atoms with Gasteiger partial charge in [-0.15, -0.1) is 0 Å². The summed E-state index contributed by atoms with van der Waals surface area (Å²) >= 11 is 0. The highest BCUT2D eigenvalue weighted by molar-refractivity contribution is 5.99. The first-order valence-electron chi connectivity index (χ1n) is 6.63. The molecule has 2 aromatic heterocycles. The highest BCUT2D eigenvalue weighted by Gasteiger charge is 2.07. The smallest absolute Gasteiger partial charge is 0.324 e. The van der Waals surface area contributed by atoms with Crippen molar-refractivity contribution < 1.29 is 9.53 Å². The Morgan fingerprint density at radius 2 is 2.10 bits per heavy atom. The normalized spacial score (nSPS) is 10.4. The van der Waals surface area contributed by atoms with Crippen molar-refractivity contribution in [3.63, 3.8) is 0 Å². The van der Waals surface area contributed by atoms with Crippen LogP contribution in [0.5, 0.6) is 0 Å². The fraction of sp³-hybridized carbons (Fsp3) is 0.357. The van der Waals surface area contributed by atoms with E-state index in [-0.39, 0.29) is 6.03 Å². The Morgan fingerprint density at radius 3 is 2.81 bits per heavy atom. The number of ether oxygens (including phenoxy) is 1. The Labute approximate surface area is 123 Å². The Kier molecular flexibility index (Phi) is 4.89. The molecule has 0 aliphatic carbocycles. The first-order valence-corrected chi connectivity index (χ1v) is 6.63. The number of amides is 2. The van der Waals surface area contributed by atoms with Crippen molar-refractivity contribution in [2.45, 2.75) is 20.4 Å². The van der Waals surface area contributed by atoms with E-state index in [0.29, 0.717) is 24.7 Å². The van der Waals surface area contributed by atoms with Crippen LogP contribution in [0.25, 0.3) is 0 Å². The summed E-state index contributed by atoms with van der Waals surface area (Å²) in [5.74, 6) is 0.487. The van der Waals surface area contributed by atoms with Crippen LogP contribution in [0, 0.1) is 13.8 Å². The van der Waals surface area contributed by atoms with Gasteiger partial charge in [-0.25, -0.2) is 4.79 Å². The number of hydrogen-bond acceptors (Lipinski definition) is 4. The van der Waals surface area contributed by atoms with E-state index in [9.17, 15) is 4.79 Å². The highest BCUT2D eigenvalue weighted by Crippen LogP contribution is 2.13. The maximum Gasteiger partial charge on any atom is 0.324 e. The number of nitrogens with zero attached hydrogens (tertiary/aromatic N) is 3. The molecule has 7 nitrogen and oxygen atoms in total. The van der Waals surface area contributed by atoms with Crippen molar-refractivity contribution in [3.8, 4) is 0 Å². The molecule has 0 radical (unpaired) electrons. The second-order valence-corrected chi connectivity index (χ2v) is 4.62. The minimum absolute atomic E-state index is 0.347. The molecule has 112 valence electrons. The van der Waals surface area contributed by atoms with Crippen LogP contribution in [0.15, 0.2) is 24.4 Å². The molecule has 0 saturated heterocycles. The lowest BCUT2D eigenvalue weighted by molar-refractivity contribution is 0.183. The van der Waals surface area contributed by atoms with Crippen molar-refractivity contribution >= 4 is 17.5 Å². The molecule has 0 bridgehead atoms. The standard InChI is InChI=1S/C14H19N5O2/c1-10-4-5-12(11(2)15-10)16-14(20)17-13-6-7-19(18-13)8-9-21-3/h4-7H,8-9H2,1-3H3,(H2,16,17,18,20). The van der Waals surface area contributed by atoms with Crippen molar-refractivity contribution in [2.75, 3.05) is 24.4 Å². The van der Waals surface area contributed by atoms with Crippen LogP contribution in [0.4, 0.5) is 16.3 Å². The predicted octanol–water partition coefficient (Wildman–Crippen LogP) is 2.19. The molecule has 0 aliphatic heterocycles. The third kappa shape index (κ3) is 4.28. The zero-order valence-electron chi connectivity index (χ0n) is 12.4. The maximum atomic E-state index is 11.9. The van der Waals surface area contributed by atoms with Gasteiger partial charge >= 0.3 is 6.03 Å². The van der Waals surface area contributed by atoms with E-state index in [2.05, 4.69) is 20.7 Å². The minimum atomic E-state index is -0.347. The van der Waals surface area contributed by atoms with Gasteiger partial charge in [0, 0.05) is 25.1 Å². The summed E-state index contributed by atoms with van der Waals surface area (Å²) in [5.41, 5.74) is 2.36. The van der Waals surface area contributed by atoms with Crippen molar-refractivity contribution in [1.82, 2.24) is 14.8 Å². The van der Waals surface area contributed by atoms with Gasteiger partial charge in [-0.1, -0.05) is 0 Å². The van der Waals surface area contributed by atoms with Gasteiger partial charge in [0.1, 0.15) is 0 Å². The first-order chi connectivity index (χ1) is 10.1. The van der Waals surface area contributed by atoms with Crippen molar-refractivity contribution in [3.05, 3.63) is 35.8 Å². The Morgan fingerprint density at radius 1 is 1.29 bits per heavy atom. The van der Waals surface area contributed by atoms with Crippen molar-refractivity contribution in [2.24, 2.45) is 0 Å². The molecule has 2 rings (SSSR count). The van der Waals surface area contributed by atoms with Crippen LogP contribution in [0.2, 0.25) is 0 Å². The topological polar surface area (TPSA) is 81.1 Å². The molecule has 0 atom stereocenters. The molecule has 2 aromatic rings. The Bertz CT molecular complexity index is 624. The number of urea groups is 1. The molecule has 7 heteroatoms. The molecule has 2 N–H and O–H groups in total. The largest absolute Gasteiger partial charge is 0.383 e. The van der Waals surface area contributed by atoms with E-state index in [1.54, 1.807) is 24.1 Å². The van der Waals surface area contributed by atoms with E-state index in [4.69, 9.17) is 4.74 Å². The predicted molar refractivity (Wildman–Crippen MR) is 80.5 cm³/mol. The SMILES string of the molecule is COCCn1ccc(NC(=O)Nc2ccc(C)nc2C)n1. The monoisotopic (exact) mass is 289 g/mol. The van der Waals surface area contributed by atoms with Crippen LogP contribution in [0.1, 0.15) is 11.4 Å². The molecule has 0 aliphatic rings. The molecule has 2 heterocycles. The minimum Gasteiger partial charge on any atom is -0.383 e. The number of aromatic nitrogens is 3. The molecular weight excluding hydrogens is 270 g/mol. The lowest BCUT2D eigenvalue weighted by Gasteiger charge is -2.08. The molecule has 0 fully saturated rings. The summed E-state index contributed by atoms with van der Waals surface area (Å²) in [6, 6.07) is 5.06. The third-order valence-corrected chi connectivity index (χ3v) is 2.88. The molecular formula is C14H19N5O2. The summed E-state index contributed by atoms with van der Waals surface area (Å²) in [6.45, 7) is 4.97. The highest BCUT2D eigenvalue weighted by atomic mass is 16.5. The number of nitrogens with one attached hydrogen (secondary N) is 2. The number of aryl methyl sites for hydroxylation is 2. The molecule has 2 amide bonds. The van der Waals surface area contributed by atoms with Gasteiger partial charge in [-0.3, -0.25) is 15.0 Å². The fourth-order valence-electron chi connectivity index (χ4n) is 1.83. The summed E-state index contributed by atoms with van der Waals surface area (Å²) in [6.07, 6.45) is 1.79. The molecule has 0 saturated carbocycles. The van der Waals surface area contributed by atoms with Crippen LogP contribution in [-0.2, 0) is 11.3 Å². The van der Waals surface area contributed by atoms with E-state index < -0.39 is 0 Å². The number of anilines is 2. The Hall–Kier alpha value is -2.41. The average molecular weight is 289 g/mol. The Balaban J connectivity index is 1.93. The molecule has 0 spiro atoms. The summed E-state index contributed by atoms with van der Waals surface area (Å²) < 4.78 is 6.68. The number of hydrogen-bond donors (Lipinski definition) is 2. The zero-order valence-corrected chi connectivity index (χ0v) is 12.4. The van der Waals surface area contributed by atoms with Crippen LogP contribution >= 0.6 is 0 Å². The van der Waals surface area contributed by atoms with Crippen LogP contribution in [0.3, 0.4) is 0 Å². The number of pyridine rings is 1. The lowest BCUT2D eigenvalue weighted by atomic mass is 10.3. The van der Waals surface area contributed by atoms with Gasteiger partial charge in [0.15, 0.2) is 5.82 Å². The second kappa shape index (κ2) is 6.85. The van der Waals surface area contributed by atoms with Gasteiger partial charge in [-0.2, -0.15) is 5.10 Å².